The Hall–Kier alpha value is -13.8. The van der Waals surface area contributed by atoms with Crippen molar-refractivity contribution in [3.8, 4) is 62.0 Å². The lowest BCUT2D eigenvalue weighted by molar-refractivity contribution is -0.159. The minimum atomic E-state index is -3.30. The fourth-order valence-corrected chi connectivity index (χ4v) is 18.7. The molecule has 4 aliphatic heterocycles. The Morgan fingerprint density at radius 1 is 0.433 bits per heavy atom. The van der Waals surface area contributed by atoms with Crippen LogP contribution in [0.3, 0.4) is 0 Å². The van der Waals surface area contributed by atoms with Crippen LogP contribution in [-0.4, -0.2) is 107 Å². The molecular formula is C109H125F4N13O8. The van der Waals surface area contributed by atoms with Crippen LogP contribution in [0, 0.1) is 6.92 Å². The van der Waals surface area contributed by atoms with Crippen molar-refractivity contribution in [3.05, 3.63) is 283 Å². The first-order valence-corrected chi connectivity index (χ1v) is 46.1. The van der Waals surface area contributed by atoms with Gasteiger partial charge in [0, 0.05) is 162 Å². The van der Waals surface area contributed by atoms with E-state index < -0.39 is 12.2 Å². The van der Waals surface area contributed by atoms with Crippen LogP contribution in [0.1, 0.15) is 192 Å². The summed E-state index contributed by atoms with van der Waals surface area (Å²) in [5.41, 5.74) is 22.5. The highest BCUT2D eigenvalue weighted by atomic mass is 19.3. The molecule has 0 radical (unpaired) electrons. The summed E-state index contributed by atoms with van der Waals surface area (Å²) in [7, 11) is 7.10. The number of unbranched alkanes of at least 4 members (excludes halogenated alkanes) is 2. The summed E-state index contributed by atoms with van der Waals surface area (Å²) in [5, 5.41) is 22.8. The molecule has 702 valence electrons. The number of aryl methyl sites for hydroxylation is 3. The standard InChI is InChI=1S/C34H43F2N3O2.C26H28N2O2.C25H28N4O2.C24H26F2N4O2/c1-6-8-19-38(20-9-7-2)28-14-12-13-26(22-28)27-17-18-32-29(23-27)31(21-24(3)39(32)25(4)40)37-30-15-10-11-16-33(30)41-34(5,35)36;1-17-8-11-22(12-9-17)27-25-14-18(2)28(19(3)29)26-13-10-21(16-24(25)26)20-6-5-7-23(15-20)30-4;1-16-14-23(27-21-9-6-19(7-10-21)17(2)31-5)22-15-20(24-12-13-26-28(24)4)8-11-25(22)29(16)18(3)30;1-15-13-20(28-19-7-5-6-8-23(19)32-24(3,25)26)18-14-17(21-11-12-27-29(21)4)9-10-22(18)30(15)16(2)31/h10-18,22-24,31,37H,6-9,19-21H2,1-5H3;5-13,15-16,18,25,27H,14H2,1-4H3;6-13,15-16,23,27H,2,14H2,1,3-5H3;5-12,14-15,20,28H,13H2,1-4H3/t24-,31+;18-,25+;16-,23+;15-,20+/m0000/s1. The van der Waals surface area contributed by atoms with Crippen molar-refractivity contribution in [1.29, 1.82) is 0 Å². The minimum Gasteiger partial charge on any atom is -0.497 e. The third-order valence-electron chi connectivity index (χ3n) is 25.0. The molecule has 8 atom stereocenters. The van der Waals surface area contributed by atoms with Crippen molar-refractivity contribution in [2.45, 2.75) is 202 Å². The molecule has 0 spiro atoms. The fraction of sp³-hybridized carbons (Fsp3) is 0.339. The van der Waals surface area contributed by atoms with E-state index in [1.54, 1.807) is 106 Å². The second-order valence-corrected chi connectivity index (χ2v) is 35.3. The number of ether oxygens (including phenoxy) is 4. The zero-order valence-electron chi connectivity index (χ0n) is 79.8. The van der Waals surface area contributed by atoms with E-state index in [1.165, 1.54) is 17.3 Å². The maximum absolute atomic E-state index is 13.8. The van der Waals surface area contributed by atoms with Gasteiger partial charge in [0.05, 0.1) is 61.1 Å². The number of carbonyl (C=O) groups is 4. The molecule has 4 amide bonds. The molecule has 25 heteroatoms. The van der Waals surface area contributed by atoms with Gasteiger partial charge in [-0.3, -0.25) is 28.5 Å². The Bertz CT molecular complexity index is 6100. The smallest absolute Gasteiger partial charge is 0.394 e. The van der Waals surface area contributed by atoms with E-state index in [2.05, 4.69) is 181 Å². The predicted octanol–water partition coefficient (Wildman–Crippen LogP) is 25.4. The van der Waals surface area contributed by atoms with Crippen molar-refractivity contribution in [2.75, 3.05) is 73.1 Å². The van der Waals surface area contributed by atoms with E-state index in [4.69, 9.17) is 18.9 Å². The van der Waals surface area contributed by atoms with Crippen molar-refractivity contribution >= 4 is 80.6 Å². The summed E-state index contributed by atoms with van der Waals surface area (Å²) >= 11 is 0. The summed E-state index contributed by atoms with van der Waals surface area (Å²) in [6.07, 6.45) is 4.41. The van der Waals surface area contributed by atoms with Gasteiger partial charge in [-0.2, -0.15) is 27.8 Å². The molecule has 0 saturated heterocycles. The van der Waals surface area contributed by atoms with Crippen LogP contribution < -0.4 is 60.0 Å². The number of nitrogens with zero attached hydrogens (tertiary/aromatic N) is 9. The third-order valence-corrected chi connectivity index (χ3v) is 25.0. The van der Waals surface area contributed by atoms with Crippen LogP contribution in [0.5, 0.6) is 17.2 Å². The highest BCUT2D eigenvalue weighted by Crippen LogP contribution is 2.49. The fourth-order valence-electron chi connectivity index (χ4n) is 18.7. The summed E-state index contributed by atoms with van der Waals surface area (Å²) in [6, 6.07) is 75.2. The van der Waals surface area contributed by atoms with E-state index in [0.717, 1.165) is 171 Å². The molecule has 0 bridgehead atoms. The number of para-hydroxylation sites is 4. The number of fused-ring (bicyclic) bond motifs is 4. The number of benzene rings is 10. The minimum absolute atomic E-state index is 0.0243. The van der Waals surface area contributed by atoms with Gasteiger partial charge in [-0.15, -0.1) is 0 Å². The van der Waals surface area contributed by atoms with Crippen LogP contribution in [0.2, 0.25) is 0 Å². The Balaban J connectivity index is 0.000000153. The number of alkyl halides is 4. The van der Waals surface area contributed by atoms with Gasteiger partial charge in [0.15, 0.2) is 0 Å². The Labute approximate surface area is 785 Å². The molecule has 134 heavy (non-hydrogen) atoms. The van der Waals surface area contributed by atoms with Crippen LogP contribution >= 0.6 is 0 Å². The molecule has 16 rings (SSSR count). The summed E-state index contributed by atoms with van der Waals surface area (Å²) in [6.45, 7) is 28.6. The molecule has 21 nitrogen and oxygen atoms in total. The monoisotopic (exact) mass is 1820 g/mol. The van der Waals surface area contributed by atoms with Crippen LogP contribution in [-0.2, 0) is 38.0 Å². The zero-order chi connectivity index (χ0) is 96.0. The molecule has 4 aliphatic rings. The number of nitrogens with one attached hydrogen (secondary N) is 4. The van der Waals surface area contributed by atoms with Crippen LogP contribution in [0.25, 0.3) is 50.5 Å². The van der Waals surface area contributed by atoms with Gasteiger partial charge in [-0.05, 0) is 263 Å². The first-order valence-electron chi connectivity index (χ1n) is 46.1. The van der Waals surface area contributed by atoms with Gasteiger partial charge < -0.3 is 64.7 Å². The number of halogens is 4. The van der Waals surface area contributed by atoms with Gasteiger partial charge in [0.2, 0.25) is 23.6 Å². The quantitative estimate of drug-likeness (QED) is 0.0294. The lowest BCUT2D eigenvalue weighted by Gasteiger charge is -2.40. The highest BCUT2D eigenvalue weighted by molar-refractivity contribution is 5.97. The molecular weight excluding hydrogens is 1700 g/mol. The summed E-state index contributed by atoms with van der Waals surface area (Å²) in [5.74, 6) is 1.70. The Morgan fingerprint density at radius 2 is 0.784 bits per heavy atom. The van der Waals surface area contributed by atoms with Gasteiger partial charge >= 0.3 is 12.2 Å². The largest absolute Gasteiger partial charge is 0.497 e. The lowest BCUT2D eigenvalue weighted by atomic mass is 9.88. The molecule has 0 fully saturated rings. The molecule has 0 unspecified atom stereocenters. The van der Waals surface area contributed by atoms with E-state index in [0.29, 0.717) is 36.9 Å². The number of aromatic nitrogens is 4. The van der Waals surface area contributed by atoms with Gasteiger partial charge in [-0.25, -0.2) is 0 Å². The molecule has 6 heterocycles. The van der Waals surface area contributed by atoms with Crippen molar-refractivity contribution in [2.24, 2.45) is 14.1 Å². The number of methoxy groups -OCH3 is 2. The van der Waals surface area contributed by atoms with Crippen LogP contribution in [0.4, 0.5) is 68.7 Å². The van der Waals surface area contributed by atoms with E-state index in [-0.39, 0.29) is 83.5 Å². The second kappa shape index (κ2) is 43.2. The number of anilines is 9. The average molecular weight is 1820 g/mol. The van der Waals surface area contributed by atoms with Gasteiger partial charge in [0.25, 0.3) is 0 Å². The predicted molar refractivity (Wildman–Crippen MR) is 533 cm³/mol. The molecule has 2 aromatic heterocycles. The van der Waals surface area contributed by atoms with Crippen molar-refractivity contribution < 1.29 is 55.7 Å². The van der Waals surface area contributed by atoms with Crippen molar-refractivity contribution in [3.63, 3.8) is 0 Å². The zero-order valence-corrected chi connectivity index (χ0v) is 79.8. The number of hydrogen-bond donors (Lipinski definition) is 4. The molecule has 0 aliphatic carbocycles. The third kappa shape index (κ3) is 23.6. The van der Waals surface area contributed by atoms with E-state index in [1.807, 2.05) is 126 Å². The molecule has 12 aromatic rings. The number of rotatable bonds is 26. The van der Waals surface area contributed by atoms with E-state index in [9.17, 15) is 36.7 Å². The first kappa shape index (κ1) is 97.7. The Kier molecular flexibility index (Phi) is 31.5. The first-order chi connectivity index (χ1) is 64.1. The number of hydrogen-bond acceptors (Lipinski definition) is 15. The number of carbonyl (C=O) groups excluding carboxylic acids is 4. The molecule has 4 N–H and O–H groups in total. The maximum atomic E-state index is 13.8. The normalized spacial score (nSPS) is 17.6. The summed E-state index contributed by atoms with van der Waals surface area (Å²) in [4.78, 5) is 59.8. The number of amides is 4. The molecule has 0 saturated carbocycles. The maximum Gasteiger partial charge on any atom is 0.394 e. The van der Waals surface area contributed by atoms with Gasteiger partial charge in [-0.1, -0.05) is 124 Å². The summed E-state index contributed by atoms with van der Waals surface area (Å²) < 4.78 is 78.8. The second-order valence-electron chi connectivity index (χ2n) is 35.3. The average Bonchev–Trinajstić information content (AvgIpc) is 1.02. The van der Waals surface area contributed by atoms with E-state index >= 15 is 0 Å². The van der Waals surface area contributed by atoms with Crippen molar-refractivity contribution in [1.82, 2.24) is 19.6 Å². The molecule has 10 aromatic carbocycles. The lowest BCUT2D eigenvalue weighted by Crippen LogP contribution is -2.43. The van der Waals surface area contributed by atoms with Crippen LogP contribution in [0.15, 0.2) is 249 Å². The highest BCUT2D eigenvalue weighted by Gasteiger charge is 2.39. The Morgan fingerprint density at radius 3 is 1.14 bits per heavy atom. The topological polar surface area (TPSA) is 205 Å². The van der Waals surface area contributed by atoms with Gasteiger partial charge in [0.1, 0.15) is 23.0 Å². The SMILES string of the molecule is C=C(OC)c1ccc(N[C@@H]2C[C@H](C)N(C(C)=O)c3ccc(-c4ccnn4C)cc32)cc1.CC(=O)N1c2ccc(-c3ccnn3C)cc2[C@H](Nc2ccccc2OC(C)(F)F)C[C@@H]1C.CCCCN(CCCC)c1cccc(-c2ccc3c(c2)[C@H](Nc2ccccc2OC(C)(F)F)C[C@H](C)N3C(C)=O)c1.COc1cccc(-c2ccc3c(c2)[C@H](Nc2ccc(C)cc2)C[C@H](C)N3C(C)=O)c1.